The molecule has 0 radical (unpaired) electrons. The van der Waals surface area contributed by atoms with Gasteiger partial charge >= 0.3 is 5.97 Å². The summed E-state index contributed by atoms with van der Waals surface area (Å²) < 4.78 is 11.7. The van der Waals surface area contributed by atoms with Crippen LogP contribution in [0.4, 0.5) is 0 Å². The average molecular weight is 502 g/mol. The molecule has 4 rings (SSSR count). The summed E-state index contributed by atoms with van der Waals surface area (Å²) in [5, 5.41) is 15.3. The normalized spacial score (nSPS) is 12.3. The molecule has 2 aromatic carbocycles. The summed E-state index contributed by atoms with van der Waals surface area (Å²) in [6.07, 6.45) is -1.25. The number of carbonyl (C=O) groups is 1. The second-order valence-electron chi connectivity index (χ2n) is 7.11. The van der Waals surface area contributed by atoms with Crippen molar-refractivity contribution < 1.29 is 19.2 Å². The molecule has 0 aliphatic carbocycles. The van der Waals surface area contributed by atoms with Gasteiger partial charge in [0.25, 0.3) is 0 Å². The summed E-state index contributed by atoms with van der Waals surface area (Å²) in [6.45, 7) is 3.54. The number of pyridine rings is 1. The number of hydrogen-bond acceptors (Lipinski definition) is 5. The van der Waals surface area contributed by atoms with Crippen LogP contribution in [0.15, 0.2) is 57.5 Å². The Labute approximate surface area is 191 Å². The highest BCUT2D eigenvalue weighted by atomic mass is 79.9. The number of halogens is 2. The van der Waals surface area contributed by atoms with E-state index in [-0.39, 0.29) is 6.61 Å². The number of ether oxygens (including phenoxy) is 1. The molecule has 31 heavy (non-hydrogen) atoms. The number of rotatable bonds is 6. The molecule has 0 aliphatic heterocycles. The first-order valence-corrected chi connectivity index (χ1v) is 10.6. The van der Waals surface area contributed by atoms with Gasteiger partial charge < -0.3 is 14.4 Å². The fourth-order valence-corrected chi connectivity index (χ4v) is 4.04. The zero-order valence-electron chi connectivity index (χ0n) is 16.7. The van der Waals surface area contributed by atoms with Gasteiger partial charge in [0.1, 0.15) is 11.5 Å². The van der Waals surface area contributed by atoms with Crippen LogP contribution in [0.3, 0.4) is 0 Å². The molecule has 0 fully saturated rings. The van der Waals surface area contributed by atoms with E-state index >= 15 is 0 Å². The third-order valence-corrected chi connectivity index (χ3v) is 5.61. The van der Waals surface area contributed by atoms with Crippen LogP contribution in [0.25, 0.3) is 22.0 Å². The van der Waals surface area contributed by atoms with E-state index in [0.29, 0.717) is 27.7 Å². The van der Waals surface area contributed by atoms with Crippen molar-refractivity contribution in [3.63, 3.8) is 0 Å². The first kappa shape index (κ1) is 21.5. The van der Waals surface area contributed by atoms with Gasteiger partial charge in [-0.15, -0.1) is 0 Å². The summed E-state index contributed by atoms with van der Waals surface area (Å²) >= 11 is 9.60. The highest BCUT2D eigenvalue weighted by Gasteiger charge is 2.29. The van der Waals surface area contributed by atoms with Crippen molar-refractivity contribution in [2.24, 2.45) is 0 Å². The van der Waals surface area contributed by atoms with Gasteiger partial charge in [-0.25, -0.2) is 4.79 Å². The van der Waals surface area contributed by atoms with Crippen LogP contribution in [-0.2, 0) is 16.1 Å². The summed E-state index contributed by atoms with van der Waals surface area (Å²) in [5.74, 6) is -0.490. The van der Waals surface area contributed by atoms with Crippen LogP contribution in [0, 0.1) is 13.8 Å². The van der Waals surface area contributed by atoms with Crippen molar-refractivity contribution in [2.75, 3.05) is 0 Å². The molecule has 1 atom stereocenters. The SMILES string of the molecule is Cc1cc(COC(C(=O)O)c2c(C)nc3ccc(Br)cc3c2-c2ccc(Cl)cc2)no1. The van der Waals surface area contributed by atoms with Crippen molar-refractivity contribution in [3.8, 4) is 11.1 Å². The molecule has 2 aromatic heterocycles. The fraction of sp³-hybridized carbons (Fsp3) is 0.174. The number of carboxylic acids is 1. The second kappa shape index (κ2) is 8.78. The smallest absolute Gasteiger partial charge is 0.337 e. The first-order valence-electron chi connectivity index (χ1n) is 9.46. The van der Waals surface area contributed by atoms with Crippen molar-refractivity contribution in [1.29, 1.82) is 0 Å². The predicted molar refractivity (Wildman–Crippen MR) is 121 cm³/mol. The number of aromatic nitrogens is 2. The Morgan fingerprint density at radius 2 is 1.94 bits per heavy atom. The zero-order chi connectivity index (χ0) is 22.1. The molecule has 0 spiro atoms. The van der Waals surface area contributed by atoms with Crippen molar-refractivity contribution in [1.82, 2.24) is 10.1 Å². The van der Waals surface area contributed by atoms with Crippen LogP contribution in [0.2, 0.25) is 5.02 Å². The number of aliphatic carboxylic acids is 1. The summed E-state index contributed by atoms with van der Waals surface area (Å²) in [4.78, 5) is 17.0. The second-order valence-corrected chi connectivity index (χ2v) is 8.46. The van der Waals surface area contributed by atoms with E-state index in [1.165, 1.54) is 0 Å². The van der Waals surface area contributed by atoms with Crippen LogP contribution < -0.4 is 0 Å². The van der Waals surface area contributed by atoms with Gasteiger partial charge in [0, 0.05) is 32.2 Å². The van der Waals surface area contributed by atoms with Gasteiger partial charge in [-0.3, -0.25) is 4.98 Å². The Morgan fingerprint density at radius 3 is 2.58 bits per heavy atom. The number of carboxylic acid groups (broad SMARTS) is 1. The van der Waals surface area contributed by atoms with Crippen LogP contribution in [0.5, 0.6) is 0 Å². The molecule has 8 heteroatoms. The molecule has 1 unspecified atom stereocenters. The Bertz CT molecular complexity index is 1270. The Morgan fingerprint density at radius 1 is 1.19 bits per heavy atom. The minimum absolute atomic E-state index is 0.00960. The lowest BCUT2D eigenvalue weighted by Gasteiger charge is -2.21. The molecule has 2 heterocycles. The summed E-state index contributed by atoms with van der Waals surface area (Å²) in [6, 6.07) is 14.7. The number of benzene rings is 2. The Kier molecular flexibility index (Phi) is 6.09. The van der Waals surface area contributed by atoms with Crippen molar-refractivity contribution in [3.05, 3.63) is 80.7 Å². The maximum Gasteiger partial charge on any atom is 0.337 e. The predicted octanol–water partition coefficient (Wildman–Crippen LogP) is 6.27. The molecule has 0 saturated carbocycles. The minimum Gasteiger partial charge on any atom is -0.479 e. The van der Waals surface area contributed by atoms with E-state index in [9.17, 15) is 9.90 Å². The topological polar surface area (TPSA) is 85.5 Å². The summed E-state index contributed by atoms with van der Waals surface area (Å²) in [5.41, 5.74) is 3.89. The number of fused-ring (bicyclic) bond motifs is 1. The largest absolute Gasteiger partial charge is 0.479 e. The third kappa shape index (κ3) is 4.49. The number of hydrogen-bond donors (Lipinski definition) is 1. The zero-order valence-corrected chi connectivity index (χ0v) is 19.1. The van der Waals surface area contributed by atoms with Crippen molar-refractivity contribution in [2.45, 2.75) is 26.6 Å². The van der Waals surface area contributed by atoms with Gasteiger partial charge in [0.15, 0.2) is 6.10 Å². The molecular formula is C23H18BrClN2O4. The van der Waals surface area contributed by atoms with Crippen LogP contribution >= 0.6 is 27.5 Å². The van der Waals surface area contributed by atoms with Gasteiger partial charge in [0.05, 0.1) is 12.1 Å². The molecule has 1 N–H and O–H groups in total. The van der Waals surface area contributed by atoms with Crippen LogP contribution in [0.1, 0.15) is 28.8 Å². The van der Waals surface area contributed by atoms with E-state index < -0.39 is 12.1 Å². The first-order chi connectivity index (χ1) is 14.8. The molecule has 158 valence electrons. The van der Waals surface area contributed by atoms with E-state index in [1.807, 2.05) is 30.3 Å². The lowest BCUT2D eigenvalue weighted by molar-refractivity contribution is -0.152. The average Bonchev–Trinajstić information content (AvgIpc) is 3.14. The highest BCUT2D eigenvalue weighted by Crippen LogP contribution is 2.39. The van der Waals surface area contributed by atoms with E-state index in [1.54, 1.807) is 32.0 Å². The quantitative estimate of drug-likeness (QED) is 0.335. The van der Waals surface area contributed by atoms with Gasteiger partial charge in [-0.1, -0.05) is 44.8 Å². The number of nitrogens with zero attached hydrogens (tertiary/aromatic N) is 2. The Balaban J connectivity index is 1.91. The van der Waals surface area contributed by atoms with Crippen LogP contribution in [-0.4, -0.2) is 21.2 Å². The maximum atomic E-state index is 12.3. The molecule has 0 aliphatic rings. The van der Waals surface area contributed by atoms with Gasteiger partial charge in [0.2, 0.25) is 0 Å². The lowest BCUT2D eigenvalue weighted by atomic mass is 9.91. The monoisotopic (exact) mass is 500 g/mol. The number of aryl methyl sites for hydroxylation is 2. The highest BCUT2D eigenvalue weighted by molar-refractivity contribution is 9.10. The fourth-order valence-electron chi connectivity index (χ4n) is 3.55. The lowest BCUT2D eigenvalue weighted by Crippen LogP contribution is -2.18. The maximum absolute atomic E-state index is 12.3. The molecule has 4 aromatic rings. The molecule has 0 saturated heterocycles. The minimum atomic E-state index is -1.25. The Hall–Kier alpha value is -2.74. The van der Waals surface area contributed by atoms with Crippen molar-refractivity contribution >= 4 is 44.4 Å². The van der Waals surface area contributed by atoms with E-state index in [4.69, 9.17) is 20.9 Å². The molecule has 0 amide bonds. The van der Waals surface area contributed by atoms with Gasteiger partial charge in [-0.05, 0) is 55.3 Å². The van der Waals surface area contributed by atoms with E-state index in [0.717, 1.165) is 26.5 Å². The molecule has 6 nitrogen and oxygen atoms in total. The standard InChI is InChI=1S/C23H18BrClN2O4/c1-12-9-17(27-31-12)11-30-22(23(28)29)20-13(2)26-19-8-5-15(24)10-18(19)21(20)14-3-6-16(25)7-4-14/h3-10,22H,11H2,1-2H3,(H,28,29). The summed E-state index contributed by atoms with van der Waals surface area (Å²) in [7, 11) is 0. The van der Waals surface area contributed by atoms with Gasteiger partial charge in [-0.2, -0.15) is 0 Å². The molecule has 0 bridgehead atoms. The molecular weight excluding hydrogens is 484 g/mol. The third-order valence-electron chi connectivity index (χ3n) is 4.87. The van der Waals surface area contributed by atoms with E-state index in [2.05, 4.69) is 26.1 Å².